The number of hydrogen-bond donors (Lipinski definition) is 0. The molecule has 0 saturated carbocycles. The summed E-state index contributed by atoms with van der Waals surface area (Å²) < 4.78 is 5.85. The number of fused-ring (bicyclic) bond motifs is 1. The smallest absolute Gasteiger partial charge is 0.227 e. The molecule has 0 aliphatic carbocycles. The van der Waals surface area contributed by atoms with E-state index in [1.807, 2.05) is 66.7 Å². The van der Waals surface area contributed by atoms with Crippen molar-refractivity contribution >= 4 is 34.6 Å². The van der Waals surface area contributed by atoms with Crippen molar-refractivity contribution in [1.29, 1.82) is 0 Å². The Morgan fingerprint density at radius 2 is 1.80 bits per heavy atom. The molecule has 4 heteroatoms. The van der Waals surface area contributed by atoms with Crippen molar-refractivity contribution in [1.82, 2.24) is 4.98 Å². The highest BCUT2D eigenvalue weighted by Crippen LogP contribution is 2.27. The Bertz CT molecular complexity index is 1060. The Balaban J connectivity index is 1.66. The Labute approximate surface area is 150 Å². The third kappa shape index (κ3) is 3.32. The fourth-order valence-electron chi connectivity index (χ4n) is 2.54. The van der Waals surface area contributed by atoms with E-state index >= 15 is 0 Å². The van der Waals surface area contributed by atoms with E-state index in [9.17, 15) is 0 Å². The first-order chi connectivity index (χ1) is 12.2. The number of hydrogen-bond acceptors (Lipinski definition) is 3. The van der Waals surface area contributed by atoms with Crippen LogP contribution >= 0.6 is 11.6 Å². The van der Waals surface area contributed by atoms with E-state index < -0.39 is 0 Å². The Morgan fingerprint density at radius 1 is 1.00 bits per heavy atom. The summed E-state index contributed by atoms with van der Waals surface area (Å²) in [5, 5.41) is 0.676. The van der Waals surface area contributed by atoms with Crippen LogP contribution in [-0.4, -0.2) is 11.2 Å². The highest BCUT2D eigenvalue weighted by Gasteiger charge is 2.08. The molecule has 0 spiro atoms. The molecule has 0 unspecified atom stereocenters. The molecular weight excluding hydrogens is 332 g/mol. The molecule has 0 radical (unpaired) electrons. The summed E-state index contributed by atoms with van der Waals surface area (Å²) in [6, 6.07) is 21.4. The van der Waals surface area contributed by atoms with Crippen molar-refractivity contribution < 1.29 is 4.42 Å². The average molecular weight is 347 g/mol. The molecule has 0 bridgehead atoms. The van der Waals surface area contributed by atoms with E-state index in [4.69, 9.17) is 16.0 Å². The zero-order chi connectivity index (χ0) is 17.2. The predicted octanol–water partition coefficient (Wildman–Crippen LogP) is 6.21. The van der Waals surface area contributed by atoms with E-state index in [0.29, 0.717) is 10.9 Å². The molecule has 3 nitrogen and oxygen atoms in total. The van der Waals surface area contributed by atoms with Crippen LogP contribution in [0.4, 0.5) is 5.69 Å². The number of oxazole rings is 1. The van der Waals surface area contributed by atoms with Gasteiger partial charge in [-0.25, -0.2) is 4.98 Å². The van der Waals surface area contributed by atoms with Gasteiger partial charge in [-0.1, -0.05) is 47.5 Å². The Kier molecular flexibility index (Phi) is 4.08. The van der Waals surface area contributed by atoms with E-state index in [1.165, 1.54) is 5.56 Å². The van der Waals surface area contributed by atoms with Crippen molar-refractivity contribution in [2.45, 2.75) is 6.92 Å². The normalized spacial score (nSPS) is 11.4. The molecule has 0 aliphatic heterocycles. The molecule has 1 heterocycles. The fourth-order valence-corrected chi connectivity index (χ4v) is 2.72. The van der Waals surface area contributed by atoms with Crippen molar-refractivity contribution in [2.75, 3.05) is 0 Å². The Morgan fingerprint density at radius 3 is 2.60 bits per heavy atom. The van der Waals surface area contributed by atoms with Gasteiger partial charge in [0, 0.05) is 22.4 Å². The molecule has 122 valence electrons. The summed E-state index contributed by atoms with van der Waals surface area (Å²) in [6.07, 6.45) is 1.75. The van der Waals surface area contributed by atoms with Gasteiger partial charge in [0.1, 0.15) is 5.52 Å². The SMILES string of the molecule is Cc1ccc(-c2nc3cc(N=Cc4ccccc4Cl)ccc3o2)cc1. The second-order valence-corrected chi connectivity index (χ2v) is 6.22. The number of aromatic nitrogens is 1. The summed E-state index contributed by atoms with van der Waals surface area (Å²) >= 11 is 6.15. The maximum absolute atomic E-state index is 6.15. The van der Waals surface area contributed by atoms with Crippen LogP contribution in [0.1, 0.15) is 11.1 Å². The highest BCUT2D eigenvalue weighted by molar-refractivity contribution is 6.33. The van der Waals surface area contributed by atoms with Crippen molar-refractivity contribution in [2.24, 2.45) is 4.99 Å². The molecule has 3 aromatic carbocycles. The van der Waals surface area contributed by atoms with Gasteiger partial charge >= 0.3 is 0 Å². The number of halogens is 1. The predicted molar refractivity (Wildman–Crippen MR) is 103 cm³/mol. The third-order valence-electron chi connectivity index (χ3n) is 3.93. The van der Waals surface area contributed by atoms with Crippen LogP contribution in [0, 0.1) is 6.92 Å². The van der Waals surface area contributed by atoms with Crippen LogP contribution in [0.25, 0.3) is 22.6 Å². The zero-order valence-electron chi connectivity index (χ0n) is 13.6. The molecule has 0 amide bonds. The number of aliphatic imine (C=N–C) groups is 1. The van der Waals surface area contributed by atoms with Gasteiger partial charge in [0.25, 0.3) is 0 Å². The van der Waals surface area contributed by atoms with Crippen LogP contribution in [0.15, 0.2) is 76.1 Å². The maximum atomic E-state index is 6.15. The summed E-state index contributed by atoms with van der Waals surface area (Å²) in [6.45, 7) is 2.05. The molecule has 0 N–H and O–H groups in total. The number of nitrogens with zero attached hydrogens (tertiary/aromatic N) is 2. The summed E-state index contributed by atoms with van der Waals surface area (Å²) in [5.74, 6) is 0.613. The molecule has 0 fully saturated rings. The second-order valence-electron chi connectivity index (χ2n) is 5.82. The lowest BCUT2D eigenvalue weighted by molar-refractivity contribution is 0.620. The molecule has 25 heavy (non-hydrogen) atoms. The summed E-state index contributed by atoms with van der Waals surface area (Å²) in [7, 11) is 0. The number of rotatable bonds is 3. The fraction of sp³-hybridized carbons (Fsp3) is 0.0476. The first-order valence-electron chi connectivity index (χ1n) is 7.95. The van der Waals surface area contributed by atoms with E-state index in [1.54, 1.807) is 6.21 Å². The highest BCUT2D eigenvalue weighted by atomic mass is 35.5. The van der Waals surface area contributed by atoms with Crippen LogP contribution in [0.5, 0.6) is 0 Å². The molecule has 1 aromatic heterocycles. The monoisotopic (exact) mass is 346 g/mol. The summed E-state index contributed by atoms with van der Waals surface area (Å²) in [5.41, 5.74) is 5.37. The average Bonchev–Trinajstić information content (AvgIpc) is 3.05. The minimum absolute atomic E-state index is 0.613. The van der Waals surface area contributed by atoms with Gasteiger partial charge in [0.15, 0.2) is 5.58 Å². The van der Waals surface area contributed by atoms with E-state index in [2.05, 4.69) is 16.9 Å². The van der Waals surface area contributed by atoms with E-state index in [0.717, 1.165) is 27.9 Å². The molecule has 4 aromatic rings. The van der Waals surface area contributed by atoms with Gasteiger partial charge in [-0.3, -0.25) is 4.99 Å². The molecule has 4 rings (SSSR count). The van der Waals surface area contributed by atoms with Gasteiger partial charge in [0.2, 0.25) is 5.89 Å². The Hall–Kier alpha value is -2.91. The first-order valence-corrected chi connectivity index (χ1v) is 8.33. The van der Waals surface area contributed by atoms with Gasteiger partial charge < -0.3 is 4.42 Å². The third-order valence-corrected chi connectivity index (χ3v) is 4.27. The first kappa shape index (κ1) is 15.6. The van der Waals surface area contributed by atoms with Crippen LogP contribution in [0.2, 0.25) is 5.02 Å². The second kappa shape index (κ2) is 6.54. The minimum atomic E-state index is 0.613. The van der Waals surface area contributed by atoms with Gasteiger partial charge in [0.05, 0.1) is 5.69 Å². The lowest BCUT2D eigenvalue weighted by atomic mass is 10.1. The van der Waals surface area contributed by atoms with Crippen molar-refractivity contribution in [3.63, 3.8) is 0 Å². The van der Waals surface area contributed by atoms with Crippen LogP contribution in [0.3, 0.4) is 0 Å². The van der Waals surface area contributed by atoms with E-state index in [-0.39, 0.29) is 0 Å². The van der Waals surface area contributed by atoms with Crippen molar-refractivity contribution in [3.05, 3.63) is 82.9 Å². The quantitative estimate of drug-likeness (QED) is 0.414. The minimum Gasteiger partial charge on any atom is -0.436 e. The number of benzene rings is 3. The number of aryl methyl sites for hydroxylation is 1. The summed E-state index contributed by atoms with van der Waals surface area (Å²) in [4.78, 5) is 9.07. The molecular formula is C21H15ClN2O. The zero-order valence-corrected chi connectivity index (χ0v) is 14.4. The lowest BCUT2D eigenvalue weighted by Gasteiger charge is -1.96. The topological polar surface area (TPSA) is 38.4 Å². The molecule has 0 aliphatic rings. The standard InChI is InChI=1S/C21H15ClN2O/c1-14-6-8-15(9-7-14)21-24-19-12-17(10-11-20(19)25-21)23-13-16-4-2-3-5-18(16)22/h2-13H,1H3. The lowest BCUT2D eigenvalue weighted by Crippen LogP contribution is -1.81. The maximum Gasteiger partial charge on any atom is 0.227 e. The van der Waals surface area contributed by atoms with Crippen LogP contribution in [-0.2, 0) is 0 Å². The van der Waals surface area contributed by atoms with Gasteiger partial charge in [-0.05, 0) is 43.3 Å². The largest absolute Gasteiger partial charge is 0.436 e. The van der Waals surface area contributed by atoms with Crippen LogP contribution < -0.4 is 0 Å². The van der Waals surface area contributed by atoms with Gasteiger partial charge in [-0.2, -0.15) is 0 Å². The molecule has 0 atom stereocenters. The van der Waals surface area contributed by atoms with Crippen molar-refractivity contribution in [3.8, 4) is 11.5 Å². The van der Waals surface area contributed by atoms with Gasteiger partial charge in [-0.15, -0.1) is 0 Å². The molecule has 0 saturated heterocycles.